The van der Waals surface area contributed by atoms with Crippen LogP contribution in [0, 0.1) is 5.82 Å². The number of nitrogens with zero attached hydrogens (tertiary/aromatic N) is 1. The molecular formula is C27H30Cl2FN3O3. The average Bonchev–Trinajstić information content (AvgIpc) is 3.58. The number of fused-ring (bicyclic) bond motifs is 2. The molecule has 1 aliphatic carbocycles. The van der Waals surface area contributed by atoms with E-state index in [4.69, 9.17) is 27.9 Å². The van der Waals surface area contributed by atoms with Gasteiger partial charge in [-0.2, -0.15) is 0 Å². The maximum Gasteiger partial charge on any atom is 0.263 e. The molecule has 2 aliphatic heterocycles. The molecule has 1 saturated carbocycles. The van der Waals surface area contributed by atoms with Crippen molar-refractivity contribution in [2.45, 2.75) is 82.1 Å². The van der Waals surface area contributed by atoms with Crippen LogP contribution in [0.15, 0.2) is 36.4 Å². The monoisotopic (exact) mass is 533 g/mol. The fourth-order valence-electron chi connectivity index (χ4n) is 5.29. The molecule has 2 aromatic rings. The number of benzene rings is 2. The minimum atomic E-state index is -1.13. The zero-order valence-corrected chi connectivity index (χ0v) is 21.8. The van der Waals surface area contributed by atoms with Gasteiger partial charge in [-0.3, -0.25) is 9.59 Å². The summed E-state index contributed by atoms with van der Waals surface area (Å²) in [6.07, 6.45) is 5.37. The van der Waals surface area contributed by atoms with Gasteiger partial charge in [-0.05, 0) is 88.8 Å². The van der Waals surface area contributed by atoms with Gasteiger partial charge in [0, 0.05) is 34.9 Å². The van der Waals surface area contributed by atoms with Gasteiger partial charge in [0.05, 0.1) is 10.6 Å². The summed E-state index contributed by atoms with van der Waals surface area (Å²) >= 11 is 12.2. The number of rotatable bonds is 7. The zero-order valence-electron chi connectivity index (χ0n) is 20.3. The molecule has 2 N–H and O–H groups in total. The fourth-order valence-corrected chi connectivity index (χ4v) is 5.74. The molecule has 5 rings (SSSR count). The van der Waals surface area contributed by atoms with Crippen LogP contribution < -0.4 is 20.3 Å². The van der Waals surface area contributed by atoms with E-state index in [0.717, 1.165) is 44.2 Å². The first-order valence-corrected chi connectivity index (χ1v) is 13.2. The molecule has 2 aromatic carbocycles. The number of ether oxygens (including phenoxy) is 1. The van der Waals surface area contributed by atoms with E-state index in [9.17, 15) is 14.0 Å². The van der Waals surface area contributed by atoms with Gasteiger partial charge in [0.2, 0.25) is 0 Å². The second kappa shape index (κ2) is 9.75. The summed E-state index contributed by atoms with van der Waals surface area (Å²) < 4.78 is 20.8. The number of hydrogen-bond donors (Lipinski definition) is 2. The number of amides is 2. The summed E-state index contributed by atoms with van der Waals surface area (Å²) in [5.41, 5.74) is -0.259. The van der Waals surface area contributed by atoms with Crippen molar-refractivity contribution in [1.29, 1.82) is 0 Å². The Balaban J connectivity index is 1.22. The molecule has 0 radical (unpaired) electrons. The molecule has 3 aliphatic rings. The van der Waals surface area contributed by atoms with Crippen molar-refractivity contribution in [3.8, 4) is 5.75 Å². The van der Waals surface area contributed by atoms with E-state index in [1.807, 2.05) is 6.07 Å². The van der Waals surface area contributed by atoms with Crippen LogP contribution in [0.4, 0.5) is 10.1 Å². The van der Waals surface area contributed by atoms with E-state index in [1.54, 1.807) is 38.1 Å². The summed E-state index contributed by atoms with van der Waals surface area (Å²) in [6.45, 7) is 3.42. The molecule has 0 aromatic heterocycles. The second-order valence-corrected chi connectivity index (χ2v) is 11.4. The number of anilines is 1. The van der Waals surface area contributed by atoms with Gasteiger partial charge in [0.25, 0.3) is 11.8 Å². The van der Waals surface area contributed by atoms with Crippen LogP contribution in [-0.4, -0.2) is 41.6 Å². The SMILES string of the molecule is CC(C)(Oc1ccc(Cl)cc1Cl)C(=O)NC1C[C@H]2CC[C@@H](C1)N2c1ccc(C(=O)NC2CC2)c(F)c1. The topological polar surface area (TPSA) is 70.7 Å². The first kappa shape index (κ1) is 25.2. The van der Waals surface area contributed by atoms with E-state index < -0.39 is 11.4 Å². The van der Waals surface area contributed by atoms with Crippen molar-refractivity contribution in [3.63, 3.8) is 0 Å². The Kier molecular flexibility index (Phi) is 6.81. The summed E-state index contributed by atoms with van der Waals surface area (Å²) in [5, 5.41) is 6.84. The summed E-state index contributed by atoms with van der Waals surface area (Å²) in [6, 6.07) is 10.3. The van der Waals surface area contributed by atoms with E-state index in [2.05, 4.69) is 15.5 Å². The predicted octanol–water partition coefficient (Wildman–Crippen LogP) is 5.50. The van der Waals surface area contributed by atoms with Crippen molar-refractivity contribution in [2.75, 3.05) is 4.90 Å². The lowest BCUT2D eigenvalue weighted by Crippen LogP contribution is -2.55. The van der Waals surface area contributed by atoms with Crippen molar-refractivity contribution in [1.82, 2.24) is 10.6 Å². The van der Waals surface area contributed by atoms with Crippen molar-refractivity contribution in [2.24, 2.45) is 0 Å². The summed E-state index contributed by atoms with van der Waals surface area (Å²) in [5.74, 6) is -0.674. The zero-order chi connectivity index (χ0) is 25.6. The molecular weight excluding hydrogens is 504 g/mol. The molecule has 9 heteroatoms. The van der Waals surface area contributed by atoms with Gasteiger partial charge in [-0.25, -0.2) is 4.39 Å². The molecule has 192 valence electrons. The number of carbonyl (C=O) groups excluding carboxylic acids is 2. The lowest BCUT2D eigenvalue weighted by atomic mass is 9.95. The highest BCUT2D eigenvalue weighted by molar-refractivity contribution is 6.35. The first-order chi connectivity index (χ1) is 17.1. The van der Waals surface area contributed by atoms with E-state index in [0.29, 0.717) is 15.8 Å². The number of hydrogen-bond acceptors (Lipinski definition) is 4. The van der Waals surface area contributed by atoms with Crippen LogP contribution >= 0.6 is 23.2 Å². The van der Waals surface area contributed by atoms with Crippen LogP contribution in [0.2, 0.25) is 10.0 Å². The highest BCUT2D eigenvalue weighted by Crippen LogP contribution is 2.40. The van der Waals surface area contributed by atoms with Crippen LogP contribution in [0.1, 0.15) is 62.7 Å². The highest BCUT2D eigenvalue weighted by Gasteiger charge is 2.43. The molecule has 2 bridgehead atoms. The first-order valence-electron chi connectivity index (χ1n) is 12.4. The van der Waals surface area contributed by atoms with Gasteiger partial charge in [-0.15, -0.1) is 0 Å². The Morgan fingerprint density at radius 2 is 1.67 bits per heavy atom. The van der Waals surface area contributed by atoms with Crippen LogP contribution in [0.5, 0.6) is 5.75 Å². The van der Waals surface area contributed by atoms with Crippen LogP contribution in [0.25, 0.3) is 0 Å². The number of carbonyl (C=O) groups is 2. The fraction of sp³-hybridized carbons (Fsp3) is 0.481. The Morgan fingerprint density at radius 1 is 0.972 bits per heavy atom. The highest BCUT2D eigenvalue weighted by atomic mass is 35.5. The van der Waals surface area contributed by atoms with Crippen molar-refractivity contribution < 1.29 is 18.7 Å². The predicted molar refractivity (Wildman–Crippen MR) is 139 cm³/mol. The van der Waals surface area contributed by atoms with Gasteiger partial charge in [0.15, 0.2) is 5.60 Å². The van der Waals surface area contributed by atoms with Crippen LogP contribution in [0.3, 0.4) is 0 Å². The molecule has 2 saturated heterocycles. The minimum absolute atomic E-state index is 0.0109. The van der Waals surface area contributed by atoms with Crippen molar-refractivity contribution >= 4 is 40.7 Å². The van der Waals surface area contributed by atoms with Crippen molar-refractivity contribution in [3.05, 3.63) is 57.8 Å². The van der Waals surface area contributed by atoms with Gasteiger partial charge < -0.3 is 20.3 Å². The van der Waals surface area contributed by atoms with E-state index in [1.165, 1.54) is 6.07 Å². The Bertz CT molecular complexity index is 1170. The second-order valence-electron chi connectivity index (χ2n) is 10.5. The third-order valence-electron chi connectivity index (χ3n) is 7.28. The lowest BCUT2D eigenvalue weighted by Gasteiger charge is -2.41. The normalized spacial score (nSPS) is 23.4. The molecule has 2 amide bonds. The van der Waals surface area contributed by atoms with Crippen LogP contribution in [-0.2, 0) is 4.79 Å². The molecule has 3 atom stereocenters. The molecule has 36 heavy (non-hydrogen) atoms. The number of halogens is 3. The molecule has 1 unspecified atom stereocenters. The molecule has 6 nitrogen and oxygen atoms in total. The molecule has 2 heterocycles. The summed E-state index contributed by atoms with van der Waals surface area (Å²) in [7, 11) is 0. The average molecular weight is 534 g/mol. The minimum Gasteiger partial charge on any atom is -0.476 e. The number of piperidine rings is 1. The number of nitrogens with one attached hydrogen (secondary N) is 2. The summed E-state index contributed by atoms with van der Waals surface area (Å²) in [4.78, 5) is 27.7. The molecule has 3 fully saturated rings. The maximum absolute atomic E-state index is 14.8. The third-order valence-corrected chi connectivity index (χ3v) is 7.81. The smallest absolute Gasteiger partial charge is 0.263 e. The Labute approximate surface area is 220 Å². The standard InChI is InChI=1S/C27H30Cl2FN3O3/c1-27(2,36-24-10-3-15(28)11-22(24)29)26(35)32-17-12-18-6-7-19(13-17)33(18)20-8-9-21(23(30)14-20)25(34)31-16-4-5-16/h3,8-11,14,16-19H,4-7,12-13H2,1-2H3,(H,31,34)(H,32,35)/t17?,18-,19+. The maximum atomic E-state index is 14.8. The lowest BCUT2D eigenvalue weighted by molar-refractivity contribution is -0.135. The molecule has 0 spiro atoms. The quantitative estimate of drug-likeness (QED) is 0.493. The van der Waals surface area contributed by atoms with Gasteiger partial charge in [-0.1, -0.05) is 23.2 Å². The van der Waals surface area contributed by atoms with Gasteiger partial charge in [0.1, 0.15) is 11.6 Å². The van der Waals surface area contributed by atoms with E-state index >= 15 is 0 Å². The largest absolute Gasteiger partial charge is 0.476 e. The Hall–Kier alpha value is -2.51. The van der Waals surface area contributed by atoms with Gasteiger partial charge >= 0.3 is 0 Å². The Morgan fingerprint density at radius 3 is 2.28 bits per heavy atom. The third kappa shape index (κ3) is 5.28. The van der Waals surface area contributed by atoms with E-state index in [-0.39, 0.29) is 41.5 Å².